The molecule has 9 nitrogen and oxygen atoms in total. The predicted molar refractivity (Wildman–Crippen MR) is 130 cm³/mol. The van der Waals surface area contributed by atoms with Crippen molar-refractivity contribution in [2.45, 2.75) is 32.5 Å². The molecule has 2 heterocycles. The third kappa shape index (κ3) is 5.91. The Balaban J connectivity index is 1.78. The monoisotopic (exact) mass is 548 g/mol. The standard InChI is InChI=1S/C26H24F4N4O5/c1-2-39-24(37)17-6-5-13-32(15-17)22(35)21-23(36)33(14-16-9-11-18(12-10-16)26(28,29)30)25(38)34(31-21)20-8-4-3-7-19(20)27/h3-4,7-12,17H,2,5-6,13-15H2,1H3. The molecule has 1 aromatic heterocycles. The van der Waals surface area contributed by atoms with Crippen LogP contribution in [0, 0.1) is 11.7 Å². The van der Waals surface area contributed by atoms with Crippen LogP contribution in [0.25, 0.3) is 5.69 Å². The summed E-state index contributed by atoms with van der Waals surface area (Å²) in [6.45, 7) is 1.47. The fourth-order valence-electron chi connectivity index (χ4n) is 4.31. The topological polar surface area (TPSA) is 104 Å². The summed E-state index contributed by atoms with van der Waals surface area (Å²) in [6, 6.07) is 8.87. The van der Waals surface area contributed by atoms with Crippen molar-refractivity contribution in [1.82, 2.24) is 19.2 Å². The van der Waals surface area contributed by atoms with Crippen molar-refractivity contribution in [3.63, 3.8) is 0 Å². The Bertz CT molecular complexity index is 1500. The molecule has 0 saturated carbocycles. The number of aromatic nitrogens is 3. The second-order valence-electron chi connectivity index (χ2n) is 8.92. The highest BCUT2D eigenvalue weighted by Crippen LogP contribution is 2.29. The van der Waals surface area contributed by atoms with Crippen LogP contribution < -0.4 is 11.2 Å². The normalized spacial score (nSPS) is 15.7. The fraction of sp³-hybridized carbons (Fsp3) is 0.346. The zero-order chi connectivity index (χ0) is 28.3. The SMILES string of the molecule is CCOC(=O)C1CCCN(C(=O)c2nn(-c3ccccc3F)c(=O)n(Cc3ccc(C(F)(F)F)cc3)c2=O)C1. The molecule has 1 aliphatic rings. The molecule has 2 aromatic carbocycles. The van der Waals surface area contributed by atoms with Gasteiger partial charge in [-0.3, -0.25) is 19.0 Å². The first-order valence-corrected chi connectivity index (χ1v) is 12.1. The molecule has 1 amide bonds. The molecule has 1 fully saturated rings. The zero-order valence-corrected chi connectivity index (χ0v) is 20.8. The highest BCUT2D eigenvalue weighted by molar-refractivity contribution is 5.92. The van der Waals surface area contributed by atoms with Crippen LogP contribution in [0.4, 0.5) is 17.6 Å². The molecule has 4 rings (SSSR count). The van der Waals surface area contributed by atoms with Gasteiger partial charge in [0.25, 0.3) is 11.5 Å². The van der Waals surface area contributed by atoms with Crippen LogP contribution in [0.5, 0.6) is 0 Å². The summed E-state index contributed by atoms with van der Waals surface area (Å²) in [6.07, 6.45) is -3.66. The summed E-state index contributed by atoms with van der Waals surface area (Å²) in [5.41, 5.74) is -3.99. The van der Waals surface area contributed by atoms with Crippen LogP contribution in [-0.4, -0.2) is 50.8 Å². The number of likely N-dealkylation sites (tertiary alicyclic amines) is 1. The molecule has 0 radical (unpaired) electrons. The number of para-hydroxylation sites is 1. The number of nitrogens with zero attached hydrogens (tertiary/aromatic N) is 4. The molecule has 206 valence electrons. The van der Waals surface area contributed by atoms with Gasteiger partial charge in [-0.25, -0.2) is 9.18 Å². The molecule has 13 heteroatoms. The van der Waals surface area contributed by atoms with Gasteiger partial charge in [0.05, 0.1) is 24.6 Å². The number of esters is 1. The van der Waals surface area contributed by atoms with Gasteiger partial charge in [-0.05, 0) is 49.6 Å². The van der Waals surface area contributed by atoms with E-state index in [0.717, 1.165) is 30.3 Å². The molecule has 0 N–H and O–H groups in total. The molecule has 1 saturated heterocycles. The Morgan fingerprint density at radius 1 is 1.08 bits per heavy atom. The van der Waals surface area contributed by atoms with Gasteiger partial charge in [0, 0.05) is 13.1 Å². The van der Waals surface area contributed by atoms with Gasteiger partial charge in [0.2, 0.25) is 5.69 Å². The molecule has 3 aromatic rings. The highest BCUT2D eigenvalue weighted by atomic mass is 19.4. The van der Waals surface area contributed by atoms with Gasteiger partial charge >= 0.3 is 17.8 Å². The van der Waals surface area contributed by atoms with Crippen molar-refractivity contribution in [3.05, 3.63) is 92.0 Å². The number of rotatable bonds is 6. The number of benzene rings is 2. The summed E-state index contributed by atoms with van der Waals surface area (Å²) >= 11 is 0. The number of ether oxygens (including phenoxy) is 1. The fourth-order valence-corrected chi connectivity index (χ4v) is 4.31. The van der Waals surface area contributed by atoms with Crippen molar-refractivity contribution >= 4 is 11.9 Å². The smallest absolute Gasteiger partial charge is 0.416 e. The van der Waals surface area contributed by atoms with Crippen LogP contribution in [0.15, 0.2) is 58.1 Å². The Labute approximate surface area is 219 Å². The molecule has 0 bridgehead atoms. The minimum absolute atomic E-state index is 0.0451. The molecule has 1 atom stereocenters. The van der Waals surface area contributed by atoms with Gasteiger partial charge in [-0.15, -0.1) is 0 Å². The lowest BCUT2D eigenvalue weighted by atomic mass is 9.98. The number of hydrogen-bond acceptors (Lipinski definition) is 6. The third-order valence-electron chi connectivity index (χ3n) is 6.29. The summed E-state index contributed by atoms with van der Waals surface area (Å²) in [5.74, 6) is -2.83. The van der Waals surface area contributed by atoms with E-state index in [1.165, 1.54) is 23.1 Å². The Morgan fingerprint density at radius 2 is 1.77 bits per heavy atom. The average molecular weight is 548 g/mol. The average Bonchev–Trinajstić information content (AvgIpc) is 2.91. The summed E-state index contributed by atoms with van der Waals surface area (Å²) < 4.78 is 59.8. The minimum atomic E-state index is -4.58. The molecule has 0 aliphatic carbocycles. The second-order valence-corrected chi connectivity index (χ2v) is 8.92. The van der Waals surface area contributed by atoms with Crippen molar-refractivity contribution in [1.29, 1.82) is 0 Å². The van der Waals surface area contributed by atoms with E-state index in [1.54, 1.807) is 6.92 Å². The third-order valence-corrected chi connectivity index (χ3v) is 6.29. The van der Waals surface area contributed by atoms with E-state index >= 15 is 0 Å². The van der Waals surface area contributed by atoms with Gasteiger partial charge in [-0.2, -0.15) is 23.0 Å². The maximum Gasteiger partial charge on any atom is 0.416 e. The van der Waals surface area contributed by atoms with Crippen molar-refractivity contribution in [3.8, 4) is 5.69 Å². The highest BCUT2D eigenvalue weighted by Gasteiger charge is 2.33. The van der Waals surface area contributed by atoms with Gasteiger partial charge in [-0.1, -0.05) is 24.3 Å². The molecular weight excluding hydrogens is 524 g/mol. The molecule has 1 aliphatic heterocycles. The first-order valence-electron chi connectivity index (χ1n) is 12.1. The van der Waals surface area contributed by atoms with Gasteiger partial charge in [0.1, 0.15) is 11.5 Å². The van der Waals surface area contributed by atoms with Crippen LogP contribution in [0.3, 0.4) is 0 Å². The number of halogens is 4. The Hall–Kier alpha value is -4.29. The predicted octanol–water partition coefficient (Wildman–Crippen LogP) is 3.02. The van der Waals surface area contributed by atoms with Gasteiger partial charge < -0.3 is 9.64 Å². The first-order chi connectivity index (χ1) is 18.5. The Kier molecular flexibility index (Phi) is 7.98. The van der Waals surface area contributed by atoms with E-state index < -0.39 is 58.8 Å². The van der Waals surface area contributed by atoms with Crippen LogP contribution in [0.2, 0.25) is 0 Å². The zero-order valence-electron chi connectivity index (χ0n) is 20.8. The van der Waals surface area contributed by atoms with E-state index in [-0.39, 0.29) is 30.9 Å². The van der Waals surface area contributed by atoms with E-state index in [1.807, 2.05) is 0 Å². The lowest BCUT2D eigenvalue weighted by molar-refractivity contribution is -0.149. The van der Waals surface area contributed by atoms with Crippen molar-refractivity contribution < 1.29 is 31.9 Å². The van der Waals surface area contributed by atoms with Crippen LogP contribution >= 0.6 is 0 Å². The van der Waals surface area contributed by atoms with Gasteiger partial charge in [0.15, 0.2) is 0 Å². The van der Waals surface area contributed by atoms with E-state index in [9.17, 15) is 36.7 Å². The van der Waals surface area contributed by atoms with Crippen LogP contribution in [0.1, 0.15) is 41.4 Å². The van der Waals surface area contributed by atoms with E-state index in [2.05, 4.69) is 5.10 Å². The summed E-state index contributed by atoms with van der Waals surface area (Å²) in [5, 5.41) is 3.91. The van der Waals surface area contributed by atoms with Crippen LogP contribution in [-0.2, 0) is 22.3 Å². The number of carbonyl (C=O) groups is 2. The molecule has 1 unspecified atom stereocenters. The first kappa shape index (κ1) is 27.7. The Morgan fingerprint density at radius 3 is 2.41 bits per heavy atom. The maximum absolute atomic E-state index is 14.6. The summed E-state index contributed by atoms with van der Waals surface area (Å²) in [7, 11) is 0. The van der Waals surface area contributed by atoms with Crippen molar-refractivity contribution in [2.24, 2.45) is 5.92 Å². The number of hydrogen-bond donors (Lipinski definition) is 0. The maximum atomic E-state index is 14.6. The molecule has 39 heavy (non-hydrogen) atoms. The molecular formula is C26H24F4N4O5. The number of piperidine rings is 1. The lowest BCUT2D eigenvalue weighted by Gasteiger charge is -2.31. The summed E-state index contributed by atoms with van der Waals surface area (Å²) in [4.78, 5) is 53.6. The minimum Gasteiger partial charge on any atom is -0.466 e. The lowest BCUT2D eigenvalue weighted by Crippen LogP contribution is -2.49. The largest absolute Gasteiger partial charge is 0.466 e. The second kappa shape index (κ2) is 11.2. The molecule has 0 spiro atoms. The quantitative estimate of drug-likeness (QED) is 0.347. The van der Waals surface area contributed by atoms with E-state index in [4.69, 9.17) is 4.74 Å². The number of amides is 1. The van der Waals surface area contributed by atoms with E-state index in [0.29, 0.717) is 22.1 Å². The number of carbonyl (C=O) groups excluding carboxylic acids is 2. The number of alkyl halides is 3. The van der Waals surface area contributed by atoms with Crippen molar-refractivity contribution in [2.75, 3.05) is 19.7 Å².